The fraction of sp³-hybridized carbons (Fsp3) is 0.100. The monoisotopic (exact) mass is 226 g/mol. The molecule has 0 aliphatic rings. The molecule has 1 aromatic rings. The van der Waals surface area contributed by atoms with E-state index in [-0.39, 0.29) is 5.78 Å². The van der Waals surface area contributed by atoms with Crippen molar-refractivity contribution < 1.29 is 29.0 Å². The Morgan fingerprint density at radius 1 is 1.19 bits per heavy atom. The Morgan fingerprint density at radius 2 is 1.69 bits per heavy atom. The molecule has 0 saturated carbocycles. The zero-order valence-corrected chi connectivity index (χ0v) is 8.41. The van der Waals surface area contributed by atoms with Crippen LogP contribution in [-0.4, -0.2) is 27.9 Å². The van der Waals surface area contributed by atoms with E-state index >= 15 is 0 Å². The SMILES string of the molecule is CC(=O)c1ccco1.O=C(O)/C=C\C(=O)O. The third kappa shape index (κ3) is 7.07. The molecule has 0 aliphatic heterocycles. The van der Waals surface area contributed by atoms with E-state index in [1.165, 1.54) is 13.2 Å². The van der Waals surface area contributed by atoms with Crippen LogP contribution in [0.2, 0.25) is 0 Å². The van der Waals surface area contributed by atoms with Crippen molar-refractivity contribution in [3.05, 3.63) is 36.3 Å². The maximum absolute atomic E-state index is 10.4. The molecule has 0 atom stereocenters. The fourth-order valence-corrected chi connectivity index (χ4v) is 0.621. The second kappa shape index (κ2) is 6.99. The molecule has 1 aromatic heterocycles. The van der Waals surface area contributed by atoms with Gasteiger partial charge in [-0.3, -0.25) is 4.79 Å². The smallest absolute Gasteiger partial charge is 0.328 e. The Balaban J connectivity index is 0.000000281. The number of rotatable bonds is 3. The van der Waals surface area contributed by atoms with Gasteiger partial charge in [-0.05, 0) is 12.1 Å². The van der Waals surface area contributed by atoms with Crippen LogP contribution in [0.1, 0.15) is 17.5 Å². The van der Waals surface area contributed by atoms with E-state index < -0.39 is 11.9 Å². The number of carbonyl (C=O) groups is 3. The van der Waals surface area contributed by atoms with Gasteiger partial charge in [0.1, 0.15) is 0 Å². The lowest BCUT2D eigenvalue weighted by molar-refractivity contribution is -0.134. The van der Waals surface area contributed by atoms with Gasteiger partial charge in [0.2, 0.25) is 0 Å². The molecule has 0 fully saturated rings. The molecular weight excluding hydrogens is 216 g/mol. The van der Waals surface area contributed by atoms with E-state index in [9.17, 15) is 14.4 Å². The molecule has 0 bridgehead atoms. The van der Waals surface area contributed by atoms with E-state index in [4.69, 9.17) is 14.6 Å². The first-order valence-electron chi connectivity index (χ1n) is 4.12. The first-order chi connectivity index (χ1) is 7.43. The molecule has 1 heterocycles. The zero-order chi connectivity index (χ0) is 12.6. The number of hydrogen-bond donors (Lipinski definition) is 2. The highest BCUT2D eigenvalue weighted by molar-refractivity contribution is 5.91. The number of Topliss-reactive ketones (excluding diaryl/α,β-unsaturated/α-hetero) is 1. The Hall–Kier alpha value is -2.37. The molecule has 0 aromatic carbocycles. The van der Waals surface area contributed by atoms with Crippen LogP contribution in [0.4, 0.5) is 0 Å². The molecule has 16 heavy (non-hydrogen) atoms. The minimum atomic E-state index is -1.26. The number of hydrogen-bond acceptors (Lipinski definition) is 4. The van der Waals surface area contributed by atoms with Gasteiger partial charge in [-0.25, -0.2) is 9.59 Å². The van der Waals surface area contributed by atoms with Gasteiger partial charge < -0.3 is 14.6 Å². The van der Waals surface area contributed by atoms with Crippen molar-refractivity contribution in [1.29, 1.82) is 0 Å². The summed E-state index contributed by atoms with van der Waals surface area (Å²) >= 11 is 0. The molecule has 0 aliphatic carbocycles. The minimum Gasteiger partial charge on any atom is -0.478 e. The molecular formula is C10H10O6. The third-order valence-corrected chi connectivity index (χ3v) is 1.24. The molecule has 0 unspecified atom stereocenters. The summed E-state index contributed by atoms with van der Waals surface area (Å²) in [6.45, 7) is 1.47. The molecule has 0 amide bonds. The van der Waals surface area contributed by atoms with Crippen molar-refractivity contribution in [3.63, 3.8) is 0 Å². The number of aliphatic carboxylic acids is 2. The Morgan fingerprint density at radius 3 is 1.88 bits per heavy atom. The summed E-state index contributed by atoms with van der Waals surface area (Å²) in [6, 6.07) is 3.33. The summed E-state index contributed by atoms with van der Waals surface area (Å²) in [6.07, 6.45) is 2.60. The normalized spacial score (nSPS) is 9.31. The third-order valence-electron chi connectivity index (χ3n) is 1.24. The number of furan rings is 1. The Kier molecular flexibility index (Phi) is 5.96. The summed E-state index contributed by atoms with van der Waals surface area (Å²) in [5.41, 5.74) is 0. The second-order valence-electron chi connectivity index (χ2n) is 2.54. The number of ketones is 1. The van der Waals surface area contributed by atoms with E-state index in [1.54, 1.807) is 12.1 Å². The van der Waals surface area contributed by atoms with Crippen molar-refractivity contribution in [2.75, 3.05) is 0 Å². The van der Waals surface area contributed by atoms with Crippen LogP contribution in [-0.2, 0) is 9.59 Å². The van der Waals surface area contributed by atoms with Crippen molar-refractivity contribution in [1.82, 2.24) is 0 Å². The molecule has 0 radical (unpaired) electrons. The average Bonchev–Trinajstić information content (AvgIpc) is 2.68. The number of carboxylic acids is 2. The Bertz CT molecular complexity index is 371. The van der Waals surface area contributed by atoms with Gasteiger partial charge in [-0.15, -0.1) is 0 Å². The standard InChI is InChI=1S/C6H6O2.C4H4O4/c1-5(7)6-3-2-4-8-6;5-3(6)1-2-4(7)8/h2-4H,1H3;1-2H,(H,5,6)(H,7,8)/b;2-1-. The van der Waals surface area contributed by atoms with Crippen LogP contribution in [0.15, 0.2) is 35.0 Å². The average molecular weight is 226 g/mol. The summed E-state index contributed by atoms with van der Waals surface area (Å²) < 4.78 is 4.75. The lowest BCUT2D eigenvalue weighted by Gasteiger charge is -1.80. The van der Waals surface area contributed by atoms with E-state index in [0.29, 0.717) is 17.9 Å². The first kappa shape index (κ1) is 13.6. The van der Waals surface area contributed by atoms with Gasteiger partial charge in [0.25, 0.3) is 0 Å². The highest BCUT2D eigenvalue weighted by Gasteiger charge is 1.97. The summed E-state index contributed by atoms with van der Waals surface area (Å²) in [7, 11) is 0. The molecule has 0 saturated heterocycles. The zero-order valence-electron chi connectivity index (χ0n) is 8.41. The predicted octanol–water partition coefficient (Wildman–Crippen LogP) is 1.19. The second-order valence-corrected chi connectivity index (χ2v) is 2.54. The van der Waals surface area contributed by atoms with Gasteiger partial charge in [0, 0.05) is 19.1 Å². The van der Waals surface area contributed by atoms with Gasteiger partial charge in [-0.1, -0.05) is 0 Å². The topological polar surface area (TPSA) is 105 Å². The quantitative estimate of drug-likeness (QED) is 0.592. The predicted molar refractivity (Wildman–Crippen MR) is 53.1 cm³/mol. The van der Waals surface area contributed by atoms with Gasteiger partial charge >= 0.3 is 11.9 Å². The van der Waals surface area contributed by atoms with Crippen molar-refractivity contribution >= 4 is 17.7 Å². The van der Waals surface area contributed by atoms with Gasteiger partial charge in [0.05, 0.1) is 6.26 Å². The molecule has 86 valence electrons. The van der Waals surface area contributed by atoms with Crippen LogP contribution in [0.5, 0.6) is 0 Å². The molecule has 6 nitrogen and oxygen atoms in total. The summed E-state index contributed by atoms with van der Waals surface area (Å²) in [5.74, 6) is -2.13. The summed E-state index contributed by atoms with van der Waals surface area (Å²) in [4.78, 5) is 29.5. The fourth-order valence-electron chi connectivity index (χ4n) is 0.621. The lowest BCUT2D eigenvalue weighted by Crippen LogP contribution is -1.91. The van der Waals surface area contributed by atoms with Gasteiger partial charge in [-0.2, -0.15) is 0 Å². The lowest BCUT2D eigenvalue weighted by atomic mass is 10.3. The molecule has 1 rings (SSSR count). The van der Waals surface area contributed by atoms with Crippen molar-refractivity contribution in [3.8, 4) is 0 Å². The number of carbonyl (C=O) groups excluding carboxylic acids is 1. The first-order valence-corrected chi connectivity index (χ1v) is 4.12. The van der Waals surface area contributed by atoms with E-state index in [1.807, 2.05) is 0 Å². The van der Waals surface area contributed by atoms with E-state index in [2.05, 4.69) is 0 Å². The summed E-state index contributed by atoms with van der Waals surface area (Å²) in [5, 5.41) is 15.6. The van der Waals surface area contributed by atoms with Crippen molar-refractivity contribution in [2.24, 2.45) is 0 Å². The largest absolute Gasteiger partial charge is 0.478 e. The minimum absolute atomic E-state index is 0.0324. The van der Waals surface area contributed by atoms with E-state index in [0.717, 1.165) is 0 Å². The van der Waals surface area contributed by atoms with Gasteiger partial charge in [0.15, 0.2) is 11.5 Å². The van der Waals surface area contributed by atoms with Crippen LogP contribution >= 0.6 is 0 Å². The molecule has 0 spiro atoms. The van der Waals surface area contributed by atoms with Crippen molar-refractivity contribution in [2.45, 2.75) is 6.92 Å². The molecule has 2 N–H and O–H groups in total. The highest BCUT2D eigenvalue weighted by Crippen LogP contribution is 1.98. The molecule has 6 heteroatoms. The maximum atomic E-state index is 10.4. The van der Waals surface area contributed by atoms with Crippen LogP contribution in [0.25, 0.3) is 0 Å². The highest BCUT2D eigenvalue weighted by atomic mass is 16.4. The Labute approximate surface area is 90.8 Å². The van der Waals surface area contributed by atoms with Crippen LogP contribution < -0.4 is 0 Å². The maximum Gasteiger partial charge on any atom is 0.328 e. The van der Waals surface area contributed by atoms with Crippen LogP contribution in [0, 0.1) is 0 Å². The van der Waals surface area contributed by atoms with Crippen LogP contribution in [0.3, 0.4) is 0 Å². The number of carboxylic acid groups (broad SMARTS) is 2.